The number of halogens is 1. The van der Waals surface area contributed by atoms with E-state index in [1.807, 2.05) is 36.7 Å². The lowest BCUT2D eigenvalue weighted by atomic mass is 10.0. The van der Waals surface area contributed by atoms with Crippen molar-refractivity contribution in [2.75, 3.05) is 29.9 Å². The van der Waals surface area contributed by atoms with Crippen molar-refractivity contribution in [2.45, 2.75) is 37.6 Å². The summed E-state index contributed by atoms with van der Waals surface area (Å²) in [5, 5.41) is 0.688. The van der Waals surface area contributed by atoms with Gasteiger partial charge in [-0.25, -0.2) is 15.0 Å². The summed E-state index contributed by atoms with van der Waals surface area (Å²) in [6.45, 7) is 1.92. The molecule has 28 heavy (non-hydrogen) atoms. The number of nitrogens with zero attached hydrogens (tertiary/aromatic N) is 6. The van der Waals surface area contributed by atoms with Crippen LogP contribution in [0.5, 0.6) is 0 Å². The molecule has 5 rings (SSSR count). The van der Waals surface area contributed by atoms with Gasteiger partial charge in [-0.3, -0.25) is 4.98 Å². The molecule has 1 aliphatic carbocycles. The van der Waals surface area contributed by atoms with Gasteiger partial charge in [0.1, 0.15) is 17.5 Å². The van der Waals surface area contributed by atoms with Gasteiger partial charge in [-0.05, 0) is 49.9 Å². The Kier molecular flexibility index (Phi) is 4.51. The number of anilines is 2. The molecule has 144 valence electrons. The van der Waals surface area contributed by atoms with Gasteiger partial charge >= 0.3 is 0 Å². The zero-order valence-corrected chi connectivity index (χ0v) is 16.7. The SMILES string of the molecule is CN(c1ccnc(C2CC2)n1)C1CCN(c2cnc3cc(Cl)ccc3n2)CC1. The Bertz CT molecular complexity index is 997. The summed E-state index contributed by atoms with van der Waals surface area (Å²) in [4.78, 5) is 23.2. The molecular formula is C21H23ClN6. The van der Waals surface area contributed by atoms with Gasteiger partial charge in [0.15, 0.2) is 0 Å². The van der Waals surface area contributed by atoms with Crippen molar-refractivity contribution in [3.05, 3.63) is 47.5 Å². The first kappa shape index (κ1) is 17.6. The molecule has 0 spiro atoms. The van der Waals surface area contributed by atoms with E-state index in [2.05, 4.69) is 26.8 Å². The average Bonchev–Trinajstić information content (AvgIpc) is 3.58. The zero-order chi connectivity index (χ0) is 19.1. The van der Waals surface area contributed by atoms with Crippen molar-refractivity contribution in [1.29, 1.82) is 0 Å². The normalized spacial score (nSPS) is 17.9. The van der Waals surface area contributed by atoms with Crippen LogP contribution in [-0.4, -0.2) is 46.1 Å². The molecule has 1 aliphatic heterocycles. The van der Waals surface area contributed by atoms with Gasteiger partial charge in [0.25, 0.3) is 0 Å². The van der Waals surface area contributed by atoms with E-state index in [1.54, 1.807) is 0 Å². The summed E-state index contributed by atoms with van der Waals surface area (Å²) < 4.78 is 0. The molecule has 7 heteroatoms. The third kappa shape index (κ3) is 3.49. The van der Waals surface area contributed by atoms with E-state index in [1.165, 1.54) is 12.8 Å². The molecule has 0 bridgehead atoms. The third-order valence-electron chi connectivity index (χ3n) is 5.79. The highest BCUT2D eigenvalue weighted by Crippen LogP contribution is 2.38. The quantitative estimate of drug-likeness (QED) is 0.665. The lowest BCUT2D eigenvalue weighted by Crippen LogP contribution is -2.44. The van der Waals surface area contributed by atoms with Crippen LogP contribution in [0, 0.1) is 0 Å². The summed E-state index contributed by atoms with van der Waals surface area (Å²) >= 11 is 6.04. The Labute approximate surface area is 169 Å². The first-order chi connectivity index (χ1) is 13.7. The molecule has 0 radical (unpaired) electrons. The predicted molar refractivity (Wildman–Crippen MR) is 112 cm³/mol. The van der Waals surface area contributed by atoms with Crippen LogP contribution in [0.2, 0.25) is 5.02 Å². The maximum atomic E-state index is 6.04. The molecule has 0 atom stereocenters. The van der Waals surface area contributed by atoms with Gasteiger partial charge in [0.2, 0.25) is 0 Å². The minimum absolute atomic E-state index is 0.477. The smallest absolute Gasteiger partial charge is 0.147 e. The first-order valence-corrected chi connectivity index (χ1v) is 10.3. The van der Waals surface area contributed by atoms with Crippen molar-refractivity contribution in [2.24, 2.45) is 0 Å². The number of aromatic nitrogens is 4. The predicted octanol–water partition coefficient (Wildman–Crippen LogP) is 4.06. The molecule has 2 aliphatic rings. The van der Waals surface area contributed by atoms with Crippen LogP contribution in [-0.2, 0) is 0 Å². The Balaban J connectivity index is 1.27. The third-order valence-corrected chi connectivity index (χ3v) is 6.03. The Morgan fingerprint density at radius 2 is 1.82 bits per heavy atom. The highest BCUT2D eigenvalue weighted by atomic mass is 35.5. The summed E-state index contributed by atoms with van der Waals surface area (Å²) in [7, 11) is 2.15. The second kappa shape index (κ2) is 7.17. The molecule has 0 N–H and O–H groups in total. The summed E-state index contributed by atoms with van der Waals surface area (Å²) in [5.41, 5.74) is 1.72. The van der Waals surface area contributed by atoms with Gasteiger partial charge in [-0.1, -0.05) is 11.6 Å². The van der Waals surface area contributed by atoms with E-state index < -0.39 is 0 Å². The second-order valence-electron chi connectivity index (χ2n) is 7.74. The standard InChI is InChI=1S/C21H23ClN6/c1-27(19-6-9-23-21(26-19)14-2-3-14)16-7-10-28(11-8-16)20-13-24-18-12-15(22)4-5-17(18)25-20/h4-6,9,12-14,16H,2-3,7-8,10-11H2,1H3. The van der Waals surface area contributed by atoms with Crippen LogP contribution >= 0.6 is 11.6 Å². The van der Waals surface area contributed by atoms with Crippen LogP contribution in [0.15, 0.2) is 36.7 Å². The Hall–Kier alpha value is -2.47. The van der Waals surface area contributed by atoms with E-state index >= 15 is 0 Å². The van der Waals surface area contributed by atoms with Crippen LogP contribution in [0.1, 0.15) is 37.4 Å². The molecule has 2 aromatic heterocycles. The largest absolute Gasteiger partial charge is 0.356 e. The molecule has 3 heterocycles. The fourth-order valence-corrected chi connectivity index (χ4v) is 4.06. The van der Waals surface area contributed by atoms with E-state index in [9.17, 15) is 0 Å². The summed E-state index contributed by atoms with van der Waals surface area (Å²) in [6, 6.07) is 8.15. The summed E-state index contributed by atoms with van der Waals surface area (Å²) in [5.74, 6) is 3.57. The minimum Gasteiger partial charge on any atom is -0.356 e. The highest BCUT2D eigenvalue weighted by molar-refractivity contribution is 6.31. The lowest BCUT2D eigenvalue weighted by molar-refractivity contribution is 0.477. The number of piperidine rings is 1. The van der Waals surface area contributed by atoms with Crippen LogP contribution in [0.25, 0.3) is 11.0 Å². The van der Waals surface area contributed by atoms with Crippen LogP contribution in [0.3, 0.4) is 0 Å². The van der Waals surface area contributed by atoms with Crippen LogP contribution < -0.4 is 9.80 Å². The van der Waals surface area contributed by atoms with Gasteiger partial charge < -0.3 is 9.80 Å². The Morgan fingerprint density at radius 3 is 2.61 bits per heavy atom. The number of benzene rings is 1. The number of rotatable bonds is 4. The van der Waals surface area contributed by atoms with Crippen LogP contribution in [0.4, 0.5) is 11.6 Å². The number of hydrogen-bond acceptors (Lipinski definition) is 6. The maximum Gasteiger partial charge on any atom is 0.147 e. The molecular weight excluding hydrogens is 372 g/mol. The molecule has 0 unspecified atom stereocenters. The van der Waals surface area contributed by atoms with Gasteiger partial charge in [-0.15, -0.1) is 0 Å². The highest BCUT2D eigenvalue weighted by Gasteiger charge is 2.28. The molecule has 1 saturated carbocycles. The van der Waals surface area contributed by atoms with E-state index in [0.717, 1.165) is 54.4 Å². The van der Waals surface area contributed by atoms with Crippen molar-refractivity contribution in [1.82, 2.24) is 19.9 Å². The Morgan fingerprint density at radius 1 is 1.00 bits per heavy atom. The zero-order valence-electron chi connectivity index (χ0n) is 15.9. The summed E-state index contributed by atoms with van der Waals surface area (Å²) in [6.07, 6.45) is 8.35. The number of fused-ring (bicyclic) bond motifs is 1. The first-order valence-electron chi connectivity index (χ1n) is 9.90. The average molecular weight is 395 g/mol. The molecule has 1 aromatic carbocycles. The maximum absolute atomic E-state index is 6.04. The van der Waals surface area contributed by atoms with Crippen molar-refractivity contribution in [3.63, 3.8) is 0 Å². The number of hydrogen-bond donors (Lipinski definition) is 0. The second-order valence-corrected chi connectivity index (χ2v) is 8.17. The topological polar surface area (TPSA) is 58.0 Å². The van der Waals surface area contributed by atoms with Gasteiger partial charge in [0, 0.05) is 43.3 Å². The fourth-order valence-electron chi connectivity index (χ4n) is 3.89. The molecule has 0 amide bonds. The molecule has 6 nitrogen and oxygen atoms in total. The van der Waals surface area contributed by atoms with Gasteiger partial charge in [-0.2, -0.15) is 0 Å². The van der Waals surface area contributed by atoms with E-state index in [-0.39, 0.29) is 0 Å². The van der Waals surface area contributed by atoms with E-state index in [0.29, 0.717) is 17.0 Å². The molecule has 1 saturated heterocycles. The van der Waals surface area contributed by atoms with E-state index in [4.69, 9.17) is 21.6 Å². The minimum atomic E-state index is 0.477. The fraction of sp³-hybridized carbons (Fsp3) is 0.429. The van der Waals surface area contributed by atoms with Crippen molar-refractivity contribution in [3.8, 4) is 0 Å². The monoisotopic (exact) mass is 394 g/mol. The van der Waals surface area contributed by atoms with Crippen molar-refractivity contribution >= 4 is 34.3 Å². The molecule has 3 aromatic rings. The van der Waals surface area contributed by atoms with Gasteiger partial charge in [0.05, 0.1) is 17.2 Å². The van der Waals surface area contributed by atoms with Crippen molar-refractivity contribution < 1.29 is 0 Å². The molecule has 2 fully saturated rings. The lowest BCUT2D eigenvalue weighted by Gasteiger charge is -2.37.